The molecule has 0 aliphatic heterocycles. The van der Waals surface area contributed by atoms with Crippen molar-refractivity contribution >= 4 is 28.6 Å². The van der Waals surface area contributed by atoms with Gasteiger partial charge in [0.15, 0.2) is 5.15 Å². The Labute approximate surface area is 80.3 Å². The van der Waals surface area contributed by atoms with E-state index in [9.17, 15) is 0 Å². The zero-order valence-electron chi connectivity index (χ0n) is 7.16. The molecule has 0 bridgehead atoms. The van der Waals surface area contributed by atoms with Gasteiger partial charge in [-0.15, -0.1) is 0 Å². The Bertz CT molecular complexity index is 449. The van der Waals surface area contributed by atoms with Crippen LogP contribution in [0.3, 0.4) is 0 Å². The number of aromatic nitrogens is 3. The van der Waals surface area contributed by atoms with Gasteiger partial charge in [0, 0.05) is 12.7 Å². The third-order valence-electron chi connectivity index (χ3n) is 1.97. The van der Waals surface area contributed by atoms with Gasteiger partial charge < -0.3 is 10.3 Å². The summed E-state index contributed by atoms with van der Waals surface area (Å²) in [5.74, 6) is 0.479. The molecule has 68 valence electrons. The maximum absolute atomic E-state index is 5.86. The van der Waals surface area contributed by atoms with Gasteiger partial charge in [-0.05, 0) is 13.0 Å². The highest BCUT2D eigenvalue weighted by atomic mass is 35.5. The van der Waals surface area contributed by atoms with Gasteiger partial charge in [-0.2, -0.15) is 0 Å². The van der Waals surface area contributed by atoms with E-state index in [1.54, 1.807) is 6.20 Å². The normalized spacial score (nSPS) is 10.9. The Balaban J connectivity index is 2.86. The summed E-state index contributed by atoms with van der Waals surface area (Å²) in [5.41, 5.74) is 7.30. The number of hydrogen-bond acceptors (Lipinski definition) is 3. The van der Waals surface area contributed by atoms with E-state index in [2.05, 4.69) is 9.97 Å². The molecule has 2 rings (SSSR count). The van der Waals surface area contributed by atoms with Gasteiger partial charge in [-0.25, -0.2) is 9.97 Å². The fourth-order valence-corrected chi connectivity index (χ4v) is 1.57. The lowest BCUT2D eigenvalue weighted by atomic mass is 10.4. The number of nitrogens with zero attached hydrogens (tertiary/aromatic N) is 3. The largest absolute Gasteiger partial charge is 0.369 e. The van der Waals surface area contributed by atoms with Crippen LogP contribution in [0.4, 0.5) is 5.95 Å². The van der Waals surface area contributed by atoms with Gasteiger partial charge in [0.05, 0.1) is 5.52 Å². The van der Waals surface area contributed by atoms with Crippen molar-refractivity contribution in [3.63, 3.8) is 0 Å². The molecule has 2 heterocycles. The first kappa shape index (κ1) is 8.31. The van der Waals surface area contributed by atoms with Gasteiger partial charge in [-0.3, -0.25) is 0 Å². The number of nitrogen functional groups attached to an aromatic ring is 1. The van der Waals surface area contributed by atoms with Crippen molar-refractivity contribution < 1.29 is 0 Å². The Morgan fingerprint density at radius 2 is 2.38 bits per heavy atom. The first-order chi connectivity index (χ1) is 6.24. The molecule has 0 radical (unpaired) electrons. The number of imidazole rings is 1. The van der Waals surface area contributed by atoms with Crippen LogP contribution in [-0.4, -0.2) is 14.5 Å². The number of rotatable bonds is 1. The van der Waals surface area contributed by atoms with Gasteiger partial charge in [0.2, 0.25) is 5.95 Å². The van der Waals surface area contributed by atoms with Crippen LogP contribution in [0.2, 0.25) is 5.15 Å². The van der Waals surface area contributed by atoms with Crippen molar-refractivity contribution in [2.24, 2.45) is 0 Å². The highest BCUT2D eigenvalue weighted by Crippen LogP contribution is 2.22. The van der Waals surface area contributed by atoms with Crippen molar-refractivity contribution in [2.45, 2.75) is 13.5 Å². The Morgan fingerprint density at radius 1 is 1.62 bits per heavy atom. The molecule has 0 unspecified atom stereocenters. The first-order valence-electron chi connectivity index (χ1n) is 4.00. The van der Waals surface area contributed by atoms with E-state index in [-0.39, 0.29) is 0 Å². The highest BCUT2D eigenvalue weighted by Gasteiger charge is 2.09. The fourth-order valence-electron chi connectivity index (χ4n) is 1.37. The number of anilines is 1. The minimum Gasteiger partial charge on any atom is -0.369 e. The smallest absolute Gasteiger partial charge is 0.201 e. The Kier molecular flexibility index (Phi) is 1.84. The van der Waals surface area contributed by atoms with Gasteiger partial charge in [0.1, 0.15) is 5.52 Å². The average Bonchev–Trinajstić information content (AvgIpc) is 2.43. The number of nitrogens with two attached hydrogens (primary N) is 1. The molecule has 13 heavy (non-hydrogen) atoms. The van der Waals surface area contributed by atoms with Crippen LogP contribution >= 0.6 is 11.6 Å². The van der Waals surface area contributed by atoms with Crippen LogP contribution in [0.25, 0.3) is 11.0 Å². The fraction of sp³-hybridized carbons (Fsp3) is 0.250. The molecule has 0 fully saturated rings. The van der Waals surface area contributed by atoms with E-state index >= 15 is 0 Å². The second kappa shape index (κ2) is 2.88. The summed E-state index contributed by atoms with van der Waals surface area (Å²) >= 11 is 5.86. The summed E-state index contributed by atoms with van der Waals surface area (Å²) in [6.45, 7) is 2.79. The highest BCUT2D eigenvalue weighted by molar-refractivity contribution is 6.33. The van der Waals surface area contributed by atoms with Gasteiger partial charge in [0.25, 0.3) is 0 Å². The molecule has 0 aliphatic rings. The molecule has 2 N–H and O–H groups in total. The third-order valence-corrected chi connectivity index (χ3v) is 2.24. The number of fused-ring (bicyclic) bond motifs is 1. The molecule has 4 nitrogen and oxygen atoms in total. The molecule has 0 aromatic carbocycles. The minimum absolute atomic E-state index is 0.399. The van der Waals surface area contributed by atoms with E-state index in [1.165, 1.54) is 0 Å². The number of hydrogen-bond donors (Lipinski definition) is 1. The lowest BCUT2D eigenvalue weighted by molar-refractivity contribution is 0.800. The minimum atomic E-state index is 0.399. The lowest BCUT2D eigenvalue weighted by Gasteiger charge is -1.99. The van der Waals surface area contributed by atoms with Gasteiger partial charge >= 0.3 is 0 Å². The van der Waals surface area contributed by atoms with Crippen LogP contribution in [0.15, 0.2) is 12.3 Å². The maximum atomic E-state index is 5.86. The van der Waals surface area contributed by atoms with Crippen molar-refractivity contribution in [3.8, 4) is 0 Å². The molecule has 0 saturated carbocycles. The molecule has 0 spiro atoms. The molecule has 2 aromatic rings. The SMILES string of the molecule is CCn1c(N)nc2c(Cl)nccc21. The number of halogens is 1. The van der Waals surface area contributed by atoms with E-state index in [0.717, 1.165) is 12.1 Å². The topological polar surface area (TPSA) is 56.7 Å². The molecular formula is C8H9ClN4. The van der Waals surface area contributed by atoms with E-state index < -0.39 is 0 Å². The van der Waals surface area contributed by atoms with Crippen LogP contribution in [0.1, 0.15) is 6.92 Å². The monoisotopic (exact) mass is 196 g/mol. The summed E-state index contributed by atoms with van der Waals surface area (Å²) in [6, 6.07) is 1.86. The van der Waals surface area contributed by atoms with Crippen molar-refractivity contribution in [3.05, 3.63) is 17.4 Å². The van der Waals surface area contributed by atoms with Crippen LogP contribution in [0.5, 0.6) is 0 Å². The van der Waals surface area contributed by atoms with Crippen molar-refractivity contribution in [1.82, 2.24) is 14.5 Å². The number of aryl methyl sites for hydroxylation is 1. The van der Waals surface area contributed by atoms with E-state index in [0.29, 0.717) is 16.6 Å². The van der Waals surface area contributed by atoms with Gasteiger partial charge in [-0.1, -0.05) is 11.6 Å². The molecular weight excluding hydrogens is 188 g/mol. The van der Waals surface area contributed by atoms with Crippen LogP contribution in [0, 0.1) is 0 Å². The predicted octanol–water partition coefficient (Wildman–Crippen LogP) is 1.69. The summed E-state index contributed by atoms with van der Waals surface area (Å²) in [5, 5.41) is 0.399. The third kappa shape index (κ3) is 1.14. The molecule has 0 aliphatic carbocycles. The Morgan fingerprint density at radius 3 is 3.08 bits per heavy atom. The zero-order chi connectivity index (χ0) is 9.42. The summed E-state index contributed by atoms with van der Waals surface area (Å²) in [4.78, 5) is 8.06. The average molecular weight is 197 g/mol. The molecule has 0 saturated heterocycles. The maximum Gasteiger partial charge on any atom is 0.201 e. The van der Waals surface area contributed by atoms with Crippen molar-refractivity contribution in [2.75, 3.05) is 5.73 Å². The second-order valence-electron chi connectivity index (χ2n) is 2.68. The molecule has 0 atom stereocenters. The van der Waals surface area contributed by atoms with Crippen molar-refractivity contribution in [1.29, 1.82) is 0 Å². The van der Waals surface area contributed by atoms with Crippen LogP contribution < -0.4 is 5.73 Å². The second-order valence-corrected chi connectivity index (χ2v) is 3.04. The standard InChI is InChI=1S/C8H9ClN4/c1-2-13-5-3-4-11-7(9)6(5)12-8(13)10/h3-4H,2H2,1H3,(H2,10,12). The quantitative estimate of drug-likeness (QED) is 0.707. The Hall–Kier alpha value is -1.29. The lowest BCUT2D eigenvalue weighted by Crippen LogP contribution is -2.00. The molecule has 5 heteroatoms. The number of pyridine rings is 1. The predicted molar refractivity (Wildman–Crippen MR) is 52.6 cm³/mol. The summed E-state index contributed by atoms with van der Waals surface area (Å²) < 4.78 is 1.89. The molecule has 0 amide bonds. The molecule has 2 aromatic heterocycles. The summed E-state index contributed by atoms with van der Waals surface area (Å²) in [7, 11) is 0. The van der Waals surface area contributed by atoms with E-state index in [1.807, 2.05) is 17.6 Å². The zero-order valence-corrected chi connectivity index (χ0v) is 7.91. The summed E-state index contributed by atoms with van der Waals surface area (Å²) in [6.07, 6.45) is 1.65. The van der Waals surface area contributed by atoms with E-state index in [4.69, 9.17) is 17.3 Å². The first-order valence-corrected chi connectivity index (χ1v) is 4.38. The van der Waals surface area contributed by atoms with Crippen LogP contribution in [-0.2, 0) is 6.54 Å².